The molecular weight excluding hydrogens is 442 g/mol. The first-order chi connectivity index (χ1) is 14.6. The van der Waals surface area contributed by atoms with Crippen molar-refractivity contribution in [1.29, 1.82) is 0 Å². The Morgan fingerprint density at radius 3 is 2.39 bits per heavy atom. The molecule has 1 aromatic carbocycles. The van der Waals surface area contributed by atoms with Gasteiger partial charge in [0.25, 0.3) is 0 Å². The van der Waals surface area contributed by atoms with Crippen LogP contribution in [0.3, 0.4) is 0 Å². The van der Waals surface area contributed by atoms with E-state index in [1.54, 1.807) is 13.0 Å². The Kier molecular flexibility index (Phi) is 7.61. The first kappa shape index (κ1) is 24.0. The summed E-state index contributed by atoms with van der Waals surface area (Å²) in [5.74, 6) is -0.225. The number of rotatable bonds is 7. The number of nitrogens with one attached hydrogen (secondary N) is 1. The van der Waals surface area contributed by atoms with Crippen molar-refractivity contribution < 1.29 is 26.4 Å². The SMILES string of the molecule is CCOc1ccc(NC(=O)C2CCCCN2S(C)(=O)=O)cc1S(=O)(=O)N1CCCCC1. The van der Waals surface area contributed by atoms with Gasteiger partial charge < -0.3 is 10.1 Å². The van der Waals surface area contributed by atoms with Crippen LogP contribution < -0.4 is 10.1 Å². The van der Waals surface area contributed by atoms with E-state index in [1.165, 1.54) is 20.7 Å². The highest BCUT2D eigenvalue weighted by atomic mass is 32.2. The van der Waals surface area contributed by atoms with E-state index in [1.807, 2.05) is 0 Å². The summed E-state index contributed by atoms with van der Waals surface area (Å²) in [5, 5.41) is 2.71. The fourth-order valence-corrected chi connectivity index (χ4v) is 6.89. The molecule has 31 heavy (non-hydrogen) atoms. The van der Waals surface area contributed by atoms with Crippen molar-refractivity contribution in [2.75, 3.05) is 37.8 Å². The molecule has 0 spiro atoms. The third-order valence-electron chi connectivity index (χ3n) is 5.63. The van der Waals surface area contributed by atoms with Crippen LogP contribution in [0, 0.1) is 0 Å². The van der Waals surface area contributed by atoms with Gasteiger partial charge in [0.1, 0.15) is 16.7 Å². The monoisotopic (exact) mass is 473 g/mol. The van der Waals surface area contributed by atoms with Crippen LogP contribution >= 0.6 is 0 Å². The van der Waals surface area contributed by atoms with Gasteiger partial charge in [-0.15, -0.1) is 0 Å². The first-order valence-electron chi connectivity index (χ1n) is 10.7. The Morgan fingerprint density at radius 2 is 1.74 bits per heavy atom. The molecule has 0 bridgehead atoms. The maximum absolute atomic E-state index is 13.3. The second kappa shape index (κ2) is 9.85. The number of ether oxygens (including phenoxy) is 1. The molecule has 3 rings (SSSR count). The van der Waals surface area contributed by atoms with Crippen LogP contribution in [0.4, 0.5) is 5.69 Å². The number of benzene rings is 1. The van der Waals surface area contributed by atoms with Gasteiger partial charge in [0.15, 0.2) is 0 Å². The predicted octanol–water partition coefficient (Wildman–Crippen LogP) is 2.01. The minimum Gasteiger partial charge on any atom is -0.492 e. The number of hydrogen-bond acceptors (Lipinski definition) is 6. The van der Waals surface area contributed by atoms with Gasteiger partial charge in [-0.25, -0.2) is 16.8 Å². The van der Waals surface area contributed by atoms with Crippen LogP contribution in [0.2, 0.25) is 0 Å². The minimum absolute atomic E-state index is 0.0117. The summed E-state index contributed by atoms with van der Waals surface area (Å²) in [6.07, 6.45) is 5.59. The van der Waals surface area contributed by atoms with Crippen molar-refractivity contribution in [3.63, 3.8) is 0 Å². The van der Waals surface area contributed by atoms with E-state index in [-0.39, 0.29) is 10.6 Å². The molecule has 2 saturated heterocycles. The molecule has 0 saturated carbocycles. The van der Waals surface area contributed by atoms with Crippen LogP contribution in [0.1, 0.15) is 45.4 Å². The fraction of sp³-hybridized carbons (Fsp3) is 0.650. The molecule has 1 amide bonds. The van der Waals surface area contributed by atoms with Crippen molar-refractivity contribution in [2.24, 2.45) is 0 Å². The molecule has 2 heterocycles. The summed E-state index contributed by atoms with van der Waals surface area (Å²) in [7, 11) is -7.30. The number of anilines is 1. The molecule has 174 valence electrons. The molecule has 1 aromatic rings. The van der Waals surface area contributed by atoms with Crippen molar-refractivity contribution >= 4 is 31.6 Å². The highest BCUT2D eigenvalue weighted by Gasteiger charge is 2.35. The summed E-state index contributed by atoms with van der Waals surface area (Å²) < 4.78 is 58.9. The van der Waals surface area contributed by atoms with E-state index in [0.29, 0.717) is 44.8 Å². The molecule has 0 radical (unpaired) electrons. The van der Waals surface area contributed by atoms with E-state index in [9.17, 15) is 21.6 Å². The molecule has 2 aliphatic heterocycles. The predicted molar refractivity (Wildman–Crippen MR) is 118 cm³/mol. The van der Waals surface area contributed by atoms with Crippen LogP contribution in [-0.4, -0.2) is 69.9 Å². The van der Waals surface area contributed by atoms with Crippen molar-refractivity contribution in [2.45, 2.75) is 56.4 Å². The molecule has 9 nitrogen and oxygen atoms in total. The van der Waals surface area contributed by atoms with Crippen LogP contribution in [0.15, 0.2) is 23.1 Å². The zero-order chi connectivity index (χ0) is 22.6. The van der Waals surface area contributed by atoms with Gasteiger partial charge in [-0.1, -0.05) is 12.8 Å². The van der Waals surface area contributed by atoms with E-state index in [0.717, 1.165) is 31.9 Å². The highest BCUT2D eigenvalue weighted by molar-refractivity contribution is 7.89. The van der Waals surface area contributed by atoms with Gasteiger partial charge in [-0.3, -0.25) is 4.79 Å². The maximum Gasteiger partial charge on any atom is 0.246 e. The van der Waals surface area contributed by atoms with E-state index in [4.69, 9.17) is 4.74 Å². The Hall–Kier alpha value is -1.69. The molecular formula is C20H31N3O6S2. The van der Waals surface area contributed by atoms with Gasteiger partial charge in [0.2, 0.25) is 26.0 Å². The average Bonchev–Trinajstić information content (AvgIpc) is 2.75. The van der Waals surface area contributed by atoms with Crippen LogP contribution in [0.25, 0.3) is 0 Å². The van der Waals surface area contributed by atoms with Gasteiger partial charge >= 0.3 is 0 Å². The third kappa shape index (κ3) is 5.57. The lowest BCUT2D eigenvalue weighted by atomic mass is 10.0. The summed E-state index contributed by atoms with van der Waals surface area (Å²) in [6, 6.07) is 3.70. The largest absolute Gasteiger partial charge is 0.492 e. The zero-order valence-corrected chi connectivity index (χ0v) is 19.7. The molecule has 1 unspecified atom stereocenters. The summed E-state index contributed by atoms with van der Waals surface area (Å²) in [6.45, 7) is 3.29. The standard InChI is InChI=1S/C20H31N3O6S2/c1-3-29-18-11-10-16(15-19(18)31(27,28)22-12-6-4-7-13-22)21-20(24)17-9-5-8-14-23(17)30(2,25)26/h10-11,15,17H,3-9,12-14H2,1-2H3,(H,21,24). The highest BCUT2D eigenvalue weighted by Crippen LogP contribution is 2.32. The van der Waals surface area contributed by atoms with Gasteiger partial charge in [-0.2, -0.15) is 8.61 Å². The van der Waals surface area contributed by atoms with Crippen molar-refractivity contribution in [3.05, 3.63) is 18.2 Å². The quantitative estimate of drug-likeness (QED) is 0.648. The number of amides is 1. The topological polar surface area (TPSA) is 113 Å². The summed E-state index contributed by atoms with van der Waals surface area (Å²) >= 11 is 0. The molecule has 2 aliphatic rings. The molecule has 11 heteroatoms. The Morgan fingerprint density at radius 1 is 1.06 bits per heavy atom. The number of nitrogens with zero attached hydrogens (tertiary/aromatic N) is 2. The smallest absolute Gasteiger partial charge is 0.246 e. The van der Waals surface area contributed by atoms with Crippen LogP contribution in [0.5, 0.6) is 5.75 Å². The fourth-order valence-electron chi connectivity index (χ4n) is 4.10. The Balaban J connectivity index is 1.88. The third-order valence-corrected chi connectivity index (χ3v) is 8.84. The lowest BCUT2D eigenvalue weighted by Crippen LogP contribution is -2.49. The second-order valence-corrected chi connectivity index (χ2v) is 11.8. The molecule has 1 N–H and O–H groups in total. The number of carbonyl (C=O) groups excluding carboxylic acids is 1. The number of hydrogen-bond donors (Lipinski definition) is 1. The zero-order valence-electron chi connectivity index (χ0n) is 18.0. The Labute approximate surface area is 184 Å². The normalized spacial score (nSPS) is 21.5. The average molecular weight is 474 g/mol. The van der Waals surface area contributed by atoms with Crippen LogP contribution in [-0.2, 0) is 24.8 Å². The van der Waals surface area contributed by atoms with Crippen molar-refractivity contribution in [3.8, 4) is 5.75 Å². The molecule has 0 aliphatic carbocycles. The van der Waals surface area contributed by atoms with E-state index in [2.05, 4.69) is 5.32 Å². The Bertz CT molecular complexity index is 1000. The lowest BCUT2D eigenvalue weighted by Gasteiger charge is -2.32. The summed E-state index contributed by atoms with van der Waals surface area (Å²) in [4.78, 5) is 12.9. The van der Waals surface area contributed by atoms with E-state index >= 15 is 0 Å². The number of sulfonamides is 2. The second-order valence-electron chi connectivity index (χ2n) is 7.93. The first-order valence-corrected chi connectivity index (χ1v) is 14.0. The molecule has 2 fully saturated rings. The maximum atomic E-state index is 13.3. The number of piperidine rings is 2. The molecule has 0 aromatic heterocycles. The minimum atomic E-state index is -3.78. The van der Waals surface area contributed by atoms with Crippen molar-refractivity contribution in [1.82, 2.24) is 8.61 Å². The number of carbonyl (C=O) groups is 1. The van der Waals surface area contributed by atoms with Gasteiger partial charge in [0.05, 0.1) is 12.9 Å². The van der Waals surface area contributed by atoms with E-state index < -0.39 is 32.0 Å². The van der Waals surface area contributed by atoms with Gasteiger partial charge in [0, 0.05) is 25.3 Å². The lowest BCUT2D eigenvalue weighted by molar-refractivity contribution is -0.120. The summed E-state index contributed by atoms with van der Waals surface area (Å²) in [5.41, 5.74) is 0.295. The molecule has 1 atom stereocenters. The van der Waals surface area contributed by atoms with Gasteiger partial charge in [-0.05, 0) is 50.8 Å².